The largest absolute Gasteiger partial charge is 0.480 e. The van der Waals surface area contributed by atoms with Gasteiger partial charge in [0.15, 0.2) is 5.17 Å². The molecule has 0 unspecified atom stereocenters. The molecule has 19 heavy (non-hydrogen) atoms. The van der Waals surface area contributed by atoms with Crippen LogP contribution in [0.1, 0.15) is 10.4 Å². The van der Waals surface area contributed by atoms with E-state index in [1.807, 2.05) is 0 Å². The molecule has 100 valence electrons. The first-order valence-corrected chi connectivity index (χ1v) is 6.91. The fourth-order valence-electron chi connectivity index (χ4n) is 1.59. The summed E-state index contributed by atoms with van der Waals surface area (Å²) in [5.41, 5.74) is 0.430. The third-order valence-electron chi connectivity index (χ3n) is 2.48. The lowest BCUT2D eigenvalue weighted by molar-refractivity contribution is -0.137. The molecule has 7 heteroatoms. The van der Waals surface area contributed by atoms with Gasteiger partial charge in [-0.15, -0.1) is 0 Å². The lowest BCUT2D eigenvalue weighted by atomic mass is 10.2. The summed E-state index contributed by atoms with van der Waals surface area (Å²) < 4.78 is 0. The highest BCUT2D eigenvalue weighted by molar-refractivity contribution is 8.14. The van der Waals surface area contributed by atoms with E-state index in [4.69, 9.17) is 16.7 Å². The first-order chi connectivity index (χ1) is 9.06. The lowest BCUT2D eigenvalue weighted by Crippen LogP contribution is -2.30. The molecule has 1 aromatic rings. The molecule has 1 aliphatic heterocycles. The van der Waals surface area contributed by atoms with Crippen LogP contribution in [0.5, 0.6) is 0 Å². The summed E-state index contributed by atoms with van der Waals surface area (Å²) in [6.07, 6.45) is 0. The molecule has 1 aliphatic rings. The topological polar surface area (TPSA) is 70.0 Å². The normalized spacial score (nSPS) is 16.9. The standard InChI is InChI=1S/C12H11ClN2O3S/c13-9-3-1-8(2-4-9)11(18)14-12-15(5-6-19-12)7-10(16)17/h1-4H,5-7H2,(H,16,17). The maximum absolute atomic E-state index is 11.9. The molecule has 1 N–H and O–H groups in total. The zero-order valence-corrected chi connectivity index (χ0v) is 11.4. The average molecular weight is 299 g/mol. The molecule has 1 fully saturated rings. The summed E-state index contributed by atoms with van der Waals surface area (Å²) in [6.45, 7) is 0.448. The van der Waals surface area contributed by atoms with E-state index in [0.29, 0.717) is 22.3 Å². The monoisotopic (exact) mass is 298 g/mol. The Morgan fingerprint density at radius 1 is 1.37 bits per heavy atom. The van der Waals surface area contributed by atoms with E-state index in [1.165, 1.54) is 11.8 Å². The van der Waals surface area contributed by atoms with Crippen LogP contribution in [0.4, 0.5) is 0 Å². The fourth-order valence-corrected chi connectivity index (χ4v) is 2.70. The third kappa shape index (κ3) is 3.71. The van der Waals surface area contributed by atoms with Gasteiger partial charge in [0.05, 0.1) is 0 Å². The molecule has 0 spiro atoms. The number of carboxylic acid groups (broad SMARTS) is 1. The molecule has 0 aromatic heterocycles. The van der Waals surface area contributed by atoms with Gasteiger partial charge in [0, 0.05) is 22.9 Å². The van der Waals surface area contributed by atoms with E-state index in [2.05, 4.69) is 4.99 Å². The summed E-state index contributed by atoms with van der Waals surface area (Å²) >= 11 is 7.13. The number of amidine groups is 1. The van der Waals surface area contributed by atoms with Gasteiger partial charge in [-0.25, -0.2) is 0 Å². The summed E-state index contributed by atoms with van der Waals surface area (Å²) in [4.78, 5) is 28.2. The van der Waals surface area contributed by atoms with Crippen LogP contribution >= 0.6 is 23.4 Å². The molecule has 0 aliphatic carbocycles. The summed E-state index contributed by atoms with van der Waals surface area (Å²) in [6, 6.07) is 6.42. The van der Waals surface area contributed by atoms with Crippen molar-refractivity contribution in [1.29, 1.82) is 0 Å². The number of benzene rings is 1. The van der Waals surface area contributed by atoms with Gasteiger partial charge >= 0.3 is 5.97 Å². The Morgan fingerprint density at radius 3 is 2.68 bits per heavy atom. The molecule has 0 atom stereocenters. The van der Waals surface area contributed by atoms with Crippen LogP contribution in [-0.2, 0) is 4.79 Å². The van der Waals surface area contributed by atoms with Crippen LogP contribution in [-0.4, -0.2) is 45.9 Å². The SMILES string of the molecule is O=C(O)CN1CCSC1=NC(=O)c1ccc(Cl)cc1. The van der Waals surface area contributed by atoms with Crippen molar-refractivity contribution in [2.75, 3.05) is 18.8 Å². The molecule has 5 nitrogen and oxygen atoms in total. The molecular weight excluding hydrogens is 288 g/mol. The Balaban J connectivity index is 2.13. The molecule has 0 bridgehead atoms. The van der Waals surface area contributed by atoms with Crippen molar-refractivity contribution in [3.05, 3.63) is 34.9 Å². The molecule has 1 amide bonds. The number of hydrogen-bond acceptors (Lipinski definition) is 3. The van der Waals surface area contributed by atoms with Crippen LogP contribution < -0.4 is 0 Å². The van der Waals surface area contributed by atoms with Gasteiger partial charge in [-0.1, -0.05) is 23.4 Å². The molecule has 1 saturated heterocycles. The predicted molar refractivity (Wildman–Crippen MR) is 74.9 cm³/mol. The zero-order valence-electron chi connectivity index (χ0n) is 9.88. The van der Waals surface area contributed by atoms with Gasteiger partial charge in [-0.2, -0.15) is 4.99 Å². The zero-order chi connectivity index (χ0) is 13.8. The molecule has 1 heterocycles. The minimum absolute atomic E-state index is 0.139. The molecule has 0 saturated carbocycles. The summed E-state index contributed by atoms with van der Waals surface area (Å²) in [7, 11) is 0. The second-order valence-corrected chi connectivity index (χ2v) is 5.37. The van der Waals surface area contributed by atoms with Crippen molar-refractivity contribution in [3.8, 4) is 0 Å². The van der Waals surface area contributed by atoms with Crippen molar-refractivity contribution in [1.82, 2.24) is 4.90 Å². The number of carboxylic acids is 1. The van der Waals surface area contributed by atoms with Crippen molar-refractivity contribution in [2.24, 2.45) is 4.99 Å². The van der Waals surface area contributed by atoms with Crippen LogP contribution in [0.15, 0.2) is 29.3 Å². The molecule has 0 radical (unpaired) electrons. The predicted octanol–water partition coefficient (Wildman–Crippen LogP) is 1.97. The number of rotatable bonds is 3. The minimum atomic E-state index is -0.936. The van der Waals surface area contributed by atoms with E-state index >= 15 is 0 Å². The highest BCUT2D eigenvalue weighted by Gasteiger charge is 2.22. The number of thioether (sulfide) groups is 1. The lowest BCUT2D eigenvalue weighted by Gasteiger charge is -2.14. The van der Waals surface area contributed by atoms with E-state index in [1.54, 1.807) is 29.2 Å². The Hall–Kier alpha value is -1.53. The van der Waals surface area contributed by atoms with Crippen LogP contribution in [0, 0.1) is 0 Å². The molecular formula is C12H11ClN2O3S. The van der Waals surface area contributed by atoms with Gasteiger partial charge in [0.25, 0.3) is 5.91 Å². The second kappa shape index (κ2) is 6.08. The number of aliphatic imine (C=N–C) groups is 1. The van der Waals surface area contributed by atoms with Crippen LogP contribution in [0.3, 0.4) is 0 Å². The van der Waals surface area contributed by atoms with Crippen molar-refractivity contribution < 1.29 is 14.7 Å². The highest BCUT2D eigenvalue weighted by atomic mass is 35.5. The van der Waals surface area contributed by atoms with Crippen molar-refractivity contribution in [3.63, 3.8) is 0 Å². The maximum Gasteiger partial charge on any atom is 0.323 e. The van der Waals surface area contributed by atoms with E-state index < -0.39 is 11.9 Å². The Bertz CT molecular complexity index is 530. The molecule has 2 rings (SSSR count). The number of hydrogen-bond donors (Lipinski definition) is 1. The number of carbonyl (C=O) groups excluding carboxylic acids is 1. The quantitative estimate of drug-likeness (QED) is 0.924. The van der Waals surface area contributed by atoms with Crippen LogP contribution in [0.2, 0.25) is 5.02 Å². The van der Waals surface area contributed by atoms with E-state index in [-0.39, 0.29) is 6.54 Å². The smallest absolute Gasteiger partial charge is 0.323 e. The average Bonchev–Trinajstić information content (AvgIpc) is 2.76. The Kier molecular flexibility index (Phi) is 4.44. The summed E-state index contributed by atoms with van der Waals surface area (Å²) in [5, 5.41) is 9.78. The van der Waals surface area contributed by atoms with Gasteiger partial charge in [-0.05, 0) is 24.3 Å². The van der Waals surface area contributed by atoms with Crippen molar-refractivity contribution >= 4 is 40.4 Å². The molecule has 1 aromatic carbocycles. The number of halogens is 1. The van der Waals surface area contributed by atoms with Crippen molar-refractivity contribution in [2.45, 2.75) is 0 Å². The van der Waals surface area contributed by atoms with Gasteiger partial charge in [-0.3, -0.25) is 9.59 Å². The van der Waals surface area contributed by atoms with Crippen LogP contribution in [0.25, 0.3) is 0 Å². The number of carbonyl (C=O) groups is 2. The van der Waals surface area contributed by atoms with E-state index in [9.17, 15) is 9.59 Å². The Morgan fingerprint density at radius 2 is 2.05 bits per heavy atom. The number of amides is 1. The second-order valence-electron chi connectivity index (χ2n) is 3.87. The van der Waals surface area contributed by atoms with E-state index in [0.717, 1.165) is 5.75 Å². The van der Waals surface area contributed by atoms with Gasteiger partial charge < -0.3 is 10.0 Å². The maximum atomic E-state index is 11.9. The number of aliphatic carboxylic acids is 1. The minimum Gasteiger partial charge on any atom is -0.480 e. The first kappa shape index (κ1) is 13.9. The Labute approximate surface area is 119 Å². The summed E-state index contributed by atoms with van der Waals surface area (Å²) in [5.74, 6) is -0.592. The van der Waals surface area contributed by atoms with Gasteiger partial charge in [0.2, 0.25) is 0 Å². The fraction of sp³-hybridized carbons (Fsp3) is 0.250. The highest BCUT2D eigenvalue weighted by Crippen LogP contribution is 2.19. The number of nitrogens with zero attached hydrogens (tertiary/aromatic N) is 2. The van der Waals surface area contributed by atoms with Gasteiger partial charge in [0.1, 0.15) is 6.54 Å². The first-order valence-electron chi connectivity index (χ1n) is 5.54. The third-order valence-corrected chi connectivity index (χ3v) is 3.72.